The third-order valence-electron chi connectivity index (χ3n) is 6.33. The Hall–Kier alpha value is -1.59. The molecule has 34 heavy (non-hydrogen) atoms. The van der Waals surface area contributed by atoms with E-state index in [9.17, 15) is 15.0 Å². The molecule has 1 aromatic carbocycles. The standard InChI is InChI=1S/C29H51NO4/c1-26(2)18-14-12-10-8-6-4-3-5-7-9-11-13-17-25-34-28-20-16-15-19-27(28)29(33)30(21-23-31)22-24-32/h15-16,19-20,26,31-32H,3-14,17-18,21-25H2,1-2H3. The molecule has 5 nitrogen and oxygen atoms in total. The van der Waals surface area contributed by atoms with Crippen molar-refractivity contribution in [1.82, 2.24) is 4.90 Å². The summed E-state index contributed by atoms with van der Waals surface area (Å²) in [5, 5.41) is 18.4. The van der Waals surface area contributed by atoms with Gasteiger partial charge >= 0.3 is 0 Å². The molecule has 0 heterocycles. The lowest BCUT2D eigenvalue weighted by Gasteiger charge is -2.22. The second-order valence-corrected chi connectivity index (χ2v) is 9.86. The quantitative estimate of drug-likeness (QED) is 0.184. The van der Waals surface area contributed by atoms with Gasteiger partial charge in [-0.2, -0.15) is 0 Å². The van der Waals surface area contributed by atoms with Gasteiger partial charge in [0.25, 0.3) is 5.91 Å². The van der Waals surface area contributed by atoms with E-state index in [-0.39, 0.29) is 32.2 Å². The number of para-hydroxylation sites is 1. The van der Waals surface area contributed by atoms with Crippen molar-refractivity contribution in [1.29, 1.82) is 0 Å². The first-order valence-corrected chi connectivity index (χ1v) is 13.8. The molecule has 0 aliphatic rings. The van der Waals surface area contributed by atoms with Gasteiger partial charge < -0.3 is 19.8 Å². The zero-order valence-corrected chi connectivity index (χ0v) is 22.0. The van der Waals surface area contributed by atoms with Crippen molar-refractivity contribution in [3.63, 3.8) is 0 Å². The van der Waals surface area contributed by atoms with Gasteiger partial charge in [0.05, 0.1) is 25.4 Å². The lowest BCUT2D eigenvalue weighted by molar-refractivity contribution is 0.0680. The van der Waals surface area contributed by atoms with Crippen LogP contribution in [0.2, 0.25) is 0 Å². The average molecular weight is 478 g/mol. The number of carbonyl (C=O) groups excluding carboxylic acids is 1. The van der Waals surface area contributed by atoms with Crippen molar-refractivity contribution in [2.45, 2.75) is 104 Å². The van der Waals surface area contributed by atoms with Crippen molar-refractivity contribution in [3.8, 4) is 5.75 Å². The first-order chi connectivity index (χ1) is 16.6. The highest BCUT2D eigenvalue weighted by molar-refractivity contribution is 5.97. The van der Waals surface area contributed by atoms with Crippen molar-refractivity contribution in [2.24, 2.45) is 5.92 Å². The molecule has 1 rings (SSSR count). The van der Waals surface area contributed by atoms with Crippen molar-refractivity contribution in [2.75, 3.05) is 32.9 Å². The minimum absolute atomic E-state index is 0.132. The van der Waals surface area contributed by atoms with Gasteiger partial charge in [0, 0.05) is 13.1 Å². The van der Waals surface area contributed by atoms with Crippen LogP contribution in [0.1, 0.15) is 114 Å². The number of hydrogen-bond donors (Lipinski definition) is 2. The van der Waals surface area contributed by atoms with Crippen LogP contribution in [-0.2, 0) is 0 Å². The van der Waals surface area contributed by atoms with E-state index >= 15 is 0 Å². The van der Waals surface area contributed by atoms with E-state index in [2.05, 4.69) is 13.8 Å². The average Bonchev–Trinajstić information content (AvgIpc) is 2.83. The molecule has 1 aromatic rings. The summed E-state index contributed by atoms with van der Waals surface area (Å²) in [4.78, 5) is 14.2. The molecule has 0 aliphatic heterocycles. The van der Waals surface area contributed by atoms with Gasteiger partial charge in [0.2, 0.25) is 0 Å². The number of amides is 1. The Bertz CT molecular complexity index is 614. The first-order valence-electron chi connectivity index (χ1n) is 13.8. The molecule has 196 valence electrons. The Balaban J connectivity index is 2.07. The van der Waals surface area contributed by atoms with Crippen LogP contribution in [0.4, 0.5) is 0 Å². The number of aliphatic hydroxyl groups is 2. The molecule has 0 spiro atoms. The largest absolute Gasteiger partial charge is 0.493 e. The fourth-order valence-electron chi connectivity index (χ4n) is 4.28. The number of nitrogens with zero attached hydrogens (tertiary/aromatic N) is 1. The van der Waals surface area contributed by atoms with Crippen LogP contribution in [-0.4, -0.2) is 53.9 Å². The predicted molar refractivity (Wildman–Crippen MR) is 141 cm³/mol. The maximum atomic E-state index is 12.8. The minimum Gasteiger partial charge on any atom is -0.493 e. The van der Waals surface area contributed by atoms with E-state index in [1.165, 1.54) is 81.9 Å². The monoisotopic (exact) mass is 477 g/mol. The number of unbranched alkanes of at least 4 members (excludes halogenated alkanes) is 12. The summed E-state index contributed by atoms with van der Waals surface area (Å²) < 4.78 is 5.91. The molecular formula is C29H51NO4. The molecular weight excluding hydrogens is 426 g/mol. The maximum Gasteiger partial charge on any atom is 0.257 e. The Kier molecular flexibility index (Phi) is 18.6. The van der Waals surface area contributed by atoms with Crippen LogP contribution < -0.4 is 4.74 Å². The molecule has 2 N–H and O–H groups in total. The van der Waals surface area contributed by atoms with E-state index < -0.39 is 0 Å². The van der Waals surface area contributed by atoms with E-state index in [1.807, 2.05) is 18.2 Å². The van der Waals surface area contributed by atoms with Crippen molar-refractivity contribution >= 4 is 5.91 Å². The van der Waals surface area contributed by atoms with Gasteiger partial charge in [0.15, 0.2) is 0 Å². The van der Waals surface area contributed by atoms with Crippen LogP contribution >= 0.6 is 0 Å². The summed E-state index contributed by atoms with van der Waals surface area (Å²) >= 11 is 0. The SMILES string of the molecule is CC(C)CCCCCCCCCCCCCCCOc1ccccc1C(=O)N(CCO)CCO. The first kappa shape index (κ1) is 30.4. The van der Waals surface area contributed by atoms with E-state index in [0.717, 1.165) is 18.8 Å². The van der Waals surface area contributed by atoms with Crippen LogP contribution in [0.3, 0.4) is 0 Å². The lowest BCUT2D eigenvalue weighted by Crippen LogP contribution is -2.36. The van der Waals surface area contributed by atoms with Crippen LogP contribution in [0.5, 0.6) is 5.75 Å². The smallest absolute Gasteiger partial charge is 0.257 e. The van der Waals surface area contributed by atoms with Gasteiger partial charge in [-0.3, -0.25) is 4.79 Å². The summed E-state index contributed by atoms with van der Waals surface area (Å²) in [5.74, 6) is 1.21. The number of benzene rings is 1. The molecule has 1 amide bonds. The van der Waals surface area contributed by atoms with Gasteiger partial charge in [-0.25, -0.2) is 0 Å². The Labute approximate surface area is 208 Å². The van der Waals surface area contributed by atoms with Crippen LogP contribution in [0.15, 0.2) is 24.3 Å². The number of ether oxygens (including phenoxy) is 1. The zero-order valence-electron chi connectivity index (χ0n) is 22.0. The number of rotatable bonds is 22. The molecule has 5 heteroatoms. The summed E-state index contributed by atoms with van der Waals surface area (Å²) in [6.45, 7) is 5.36. The summed E-state index contributed by atoms with van der Waals surface area (Å²) in [6.07, 6.45) is 18.5. The van der Waals surface area contributed by atoms with E-state index in [1.54, 1.807) is 6.07 Å². The second kappa shape index (κ2) is 20.8. The fourth-order valence-corrected chi connectivity index (χ4v) is 4.28. The molecule has 0 aromatic heterocycles. The number of hydrogen-bond acceptors (Lipinski definition) is 4. The molecule has 0 saturated heterocycles. The number of aliphatic hydroxyl groups excluding tert-OH is 2. The minimum atomic E-state index is -0.218. The highest BCUT2D eigenvalue weighted by Gasteiger charge is 2.18. The fraction of sp³-hybridized carbons (Fsp3) is 0.759. The van der Waals surface area contributed by atoms with Gasteiger partial charge in [-0.1, -0.05) is 109 Å². The normalized spacial score (nSPS) is 11.2. The van der Waals surface area contributed by atoms with Crippen molar-refractivity contribution < 1.29 is 19.7 Å². The lowest BCUT2D eigenvalue weighted by atomic mass is 10.0. The predicted octanol–water partition coefficient (Wildman–Crippen LogP) is 6.61. The number of carbonyl (C=O) groups is 1. The van der Waals surface area contributed by atoms with Crippen LogP contribution in [0, 0.1) is 5.92 Å². The van der Waals surface area contributed by atoms with E-state index in [0.29, 0.717) is 17.9 Å². The molecule has 0 radical (unpaired) electrons. The Morgan fingerprint density at radius 1 is 0.765 bits per heavy atom. The molecule has 0 saturated carbocycles. The van der Waals surface area contributed by atoms with Crippen LogP contribution in [0.25, 0.3) is 0 Å². The Morgan fingerprint density at radius 2 is 1.24 bits per heavy atom. The highest BCUT2D eigenvalue weighted by atomic mass is 16.5. The molecule has 0 fully saturated rings. The summed E-state index contributed by atoms with van der Waals surface area (Å²) in [7, 11) is 0. The highest BCUT2D eigenvalue weighted by Crippen LogP contribution is 2.21. The molecule has 0 aliphatic carbocycles. The molecule has 0 atom stereocenters. The summed E-state index contributed by atoms with van der Waals surface area (Å²) in [6, 6.07) is 7.23. The topological polar surface area (TPSA) is 70.0 Å². The third-order valence-corrected chi connectivity index (χ3v) is 6.33. The van der Waals surface area contributed by atoms with Gasteiger partial charge in [-0.15, -0.1) is 0 Å². The summed E-state index contributed by atoms with van der Waals surface area (Å²) in [5.41, 5.74) is 0.486. The Morgan fingerprint density at radius 3 is 1.74 bits per heavy atom. The molecule has 0 bridgehead atoms. The van der Waals surface area contributed by atoms with Crippen molar-refractivity contribution in [3.05, 3.63) is 29.8 Å². The second-order valence-electron chi connectivity index (χ2n) is 9.86. The molecule has 0 unspecified atom stereocenters. The zero-order chi connectivity index (χ0) is 24.9. The van der Waals surface area contributed by atoms with E-state index in [4.69, 9.17) is 4.74 Å². The third kappa shape index (κ3) is 14.6. The maximum absolute atomic E-state index is 12.8. The van der Waals surface area contributed by atoms with Gasteiger partial charge in [0.1, 0.15) is 5.75 Å². The van der Waals surface area contributed by atoms with Gasteiger partial charge in [-0.05, 0) is 24.5 Å².